The Morgan fingerprint density at radius 2 is 2.00 bits per heavy atom. The average molecular weight is 364 g/mol. The average Bonchev–Trinajstić information content (AvgIpc) is 2.86. The highest BCUT2D eigenvalue weighted by Gasteiger charge is 2.42. The molecule has 25 heavy (non-hydrogen) atoms. The number of carbonyl (C=O) groups excluding carboxylic acids is 3. The zero-order valence-electron chi connectivity index (χ0n) is 14.4. The lowest BCUT2D eigenvalue weighted by atomic mass is 9.94. The van der Waals surface area contributed by atoms with E-state index in [0.29, 0.717) is 23.7 Å². The van der Waals surface area contributed by atoms with E-state index in [-0.39, 0.29) is 36.2 Å². The van der Waals surface area contributed by atoms with Gasteiger partial charge in [-0.05, 0) is 31.0 Å². The molecule has 3 heterocycles. The molecule has 7 heteroatoms. The summed E-state index contributed by atoms with van der Waals surface area (Å²) >= 11 is 5.99. The maximum absolute atomic E-state index is 12.8. The summed E-state index contributed by atoms with van der Waals surface area (Å²) in [5.41, 5.74) is 0.525. The smallest absolute Gasteiger partial charge is 0.253 e. The van der Waals surface area contributed by atoms with E-state index < -0.39 is 0 Å². The summed E-state index contributed by atoms with van der Waals surface area (Å²) in [6.45, 7) is 0.924. The van der Waals surface area contributed by atoms with Crippen LogP contribution in [-0.2, 0) is 9.59 Å². The number of nitrogens with zero attached hydrogens (tertiary/aromatic N) is 3. The molecule has 0 unspecified atom stereocenters. The lowest BCUT2D eigenvalue weighted by molar-refractivity contribution is -0.145. The highest BCUT2D eigenvalue weighted by Crippen LogP contribution is 2.30. The standard InChI is InChI=1S/C18H22ClN3O3/c1-20(2)16(23)11-22-15-7-6-13(18(22)25)9-21(10-15)17(24)12-4-3-5-14(19)8-12/h3-5,8,13,15H,6-7,9-11H2,1-2H3/t13-,15+/m1/s1. The van der Waals surface area contributed by atoms with Crippen LogP contribution in [-0.4, -0.2) is 72.2 Å². The van der Waals surface area contributed by atoms with Gasteiger partial charge in [0.2, 0.25) is 11.8 Å². The Morgan fingerprint density at radius 1 is 1.24 bits per heavy atom. The summed E-state index contributed by atoms with van der Waals surface area (Å²) in [5.74, 6) is -0.480. The number of hydrogen-bond donors (Lipinski definition) is 0. The molecule has 2 bridgehead atoms. The van der Waals surface area contributed by atoms with Crippen LogP contribution in [0, 0.1) is 5.92 Å². The van der Waals surface area contributed by atoms with Crippen LogP contribution in [0.15, 0.2) is 24.3 Å². The number of likely N-dealkylation sites (N-methyl/N-ethyl adjacent to an activating group) is 1. The normalized spacial score (nSPS) is 22.8. The van der Waals surface area contributed by atoms with Crippen molar-refractivity contribution in [2.75, 3.05) is 33.7 Å². The number of amides is 3. The second-order valence-electron chi connectivity index (χ2n) is 6.90. The number of carbonyl (C=O) groups is 3. The second kappa shape index (κ2) is 7.04. The fraction of sp³-hybridized carbons (Fsp3) is 0.500. The summed E-state index contributed by atoms with van der Waals surface area (Å²) in [5, 5.41) is 0.512. The van der Waals surface area contributed by atoms with Gasteiger partial charge in [-0.1, -0.05) is 17.7 Å². The molecule has 2 atom stereocenters. The Labute approximate surface area is 152 Å². The summed E-state index contributed by atoms with van der Waals surface area (Å²) in [4.78, 5) is 42.5. The van der Waals surface area contributed by atoms with E-state index in [1.54, 1.807) is 48.2 Å². The Hall–Kier alpha value is -2.08. The molecule has 3 amide bonds. The monoisotopic (exact) mass is 363 g/mol. The topological polar surface area (TPSA) is 60.9 Å². The van der Waals surface area contributed by atoms with Crippen molar-refractivity contribution in [1.29, 1.82) is 0 Å². The maximum atomic E-state index is 12.8. The Bertz CT molecular complexity index is 707. The van der Waals surface area contributed by atoms with Gasteiger partial charge in [-0.3, -0.25) is 14.4 Å². The van der Waals surface area contributed by atoms with E-state index in [2.05, 4.69) is 0 Å². The molecule has 3 aliphatic rings. The lowest BCUT2D eigenvalue weighted by Gasteiger charge is -2.35. The largest absolute Gasteiger partial charge is 0.347 e. The lowest BCUT2D eigenvalue weighted by Crippen LogP contribution is -2.51. The van der Waals surface area contributed by atoms with Gasteiger partial charge in [0.05, 0.1) is 5.92 Å². The van der Waals surface area contributed by atoms with Gasteiger partial charge in [0.1, 0.15) is 6.54 Å². The third-order valence-corrected chi connectivity index (χ3v) is 5.19. The summed E-state index contributed by atoms with van der Waals surface area (Å²) in [6.07, 6.45) is 1.58. The molecule has 0 N–H and O–H groups in total. The van der Waals surface area contributed by atoms with Crippen LogP contribution in [0.2, 0.25) is 5.02 Å². The molecule has 1 aromatic rings. The van der Waals surface area contributed by atoms with Crippen molar-refractivity contribution < 1.29 is 14.4 Å². The minimum absolute atomic E-state index is 0.0205. The maximum Gasteiger partial charge on any atom is 0.253 e. The number of benzene rings is 1. The molecular formula is C18H22ClN3O3. The minimum atomic E-state index is -0.239. The quantitative estimate of drug-likeness (QED) is 0.817. The van der Waals surface area contributed by atoms with E-state index >= 15 is 0 Å². The van der Waals surface area contributed by atoms with Gasteiger partial charge in [-0.25, -0.2) is 0 Å². The van der Waals surface area contributed by atoms with Gasteiger partial charge in [-0.2, -0.15) is 0 Å². The minimum Gasteiger partial charge on any atom is -0.347 e. The first-order chi connectivity index (χ1) is 11.9. The van der Waals surface area contributed by atoms with Crippen LogP contribution in [0.4, 0.5) is 0 Å². The van der Waals surface area contributed by atoms with Gasteiger partial charge in [-0.15, -0.1) is 0 Å². The predicted molar refractivity (Wildman–Crippen MR) is 94.3 cm³/mol. The predicted octanol–water partition coefficient (Wildman–Crippen LogP) is 1.49. The summed E-state index contributed by atoms with van der Waals surface area (Å²) < 4.78 is 0. The van der Waals surface area contributed by atoms with Crippen molar-refractivity contribution in [2.45, 2.75) is 18.9 Å². The fourth-order valence-corrected chi connectivity index (χ4v) is 3.70. The first-order valence-corrected chi connectivity index (χ1v) is 8.80. The number of fused-ring (bicyclic) bond motifs is 4. The number of halogens is 1. The molecule has 0 aliphatic carbocycles. The third-order valence-electron chi connectivity index (χ3n) is 4.96. The molecule has 0 aromatic heterocycles. The first kappa shape index (κ1) is 17.7. The molecule has 3 aliphatic heterocycles. The van der Waals surface area contributed by atoms with E-state index in [4.69, 9.17) is 11.6 Å². The molecule has 4 rings (SSSR count). The van der Waals surface area contributed by atoms with Crippen molar-refractivity contribution in [3.63, 3.8) is 0 Å². The van der Waals surface area contributed by atoms with Crippen LogP contribution in [0.25, 0.3) is 0 Å². The van der Waals surface area contributed by atoms with Gasteiger partial charge in [0.15, 0.2) is 0 Å². The number of hydrogen-bond acceptors (Lipinski definition) is 3. The van der Waals surface area contributed by atoms with Crippen LogP contribution in [0.1, 0.15) is 23.2 Å². The van der Waals surface area contributed by atoms with E-state index in [0.717, 1.165) is 12.8 Å². The van der Waals surface area contributed by atoms with Crippen molar-refractivity contribution in [3.8, 4) is 0 Å². The van der Waals surface area contributed by atoms with Gasteiger partial charge in [0, 0.05) is 43.8 Å². The zero-order valence-corrected chi connectivity index (χ0v) is 15.2. The van der Waals surface area contributed by atoms with Crippen LogP contribution < -0.4 is 0 Å². The molecular weight excluding hydrogens is 342 g/mol. The third kappa shape index (κ3) is 3.63. The van der Waals surface area contributed by atoms with Gasteiger partial charge < -0.3 is 14.7 Å². The van der Waals surface area contributed by atoms with Crippen molar-refractivity contribution >= 4 is 29.3 Å². The fourth-order valence-electron chi connectivity index (χ4n) is 3.51. The van der Waals surface area contributed by atoms with Gasteiger partial charge in [0.25, 0.3) is 5.91 Å². The Kier molecular flexibility index (Phi) is 4.99. The molecule has 3 saturated heterocycles. The van der Waals surface area contributed by atoms with Crippen LogP contribution >= 0.6 is 11.6 Å². The van der Waals surface area contributed by atoms with Crippen LogP contribution in [0.5, 0.6) is 0 Å². The highest BCUT2D eigenvalue weighted by molar-refractivity contribution is 6.30. The van der Waals surface area contributed by atoms with Gasteiger partial charge >= 0.3 is 0 Å². The number of piperidine rings is 1. The molecule has 3 fully saturated rings. The molecule has 1 aromatic carbocycles. The summed E-state index contributed by atoms with van der Waals surface area (Å²) in [7, 11) is 3.36. The van der Waals surface area contributed by atoms with E-state index in [1.807, 2.05) is 0 Å². The highest BCUT2D eigenvalue weighted by atomic mass is 35.5. The Balaban J connectivity index is 1.80. The Morgan fingerprint density at radius 3 is 2.68 bits per heavy atom. The molecule has 0 spiro atoms. The van der Waals surface area contributed by atoms with Crippen LogP contribution in [0.3, 0.4) is 0 Å². The summed E-state index contributed by atoms with van der Waals surface area (Å²) in [6, 6.07) is 6.73. The second-order valence-corrected chi connectivity index (χ2v) is 7.34. The van der Waals surface area contributed by atoms with Crippen molar-refractivity contribution in [3.05, 3.63) is 34.9 Å². The zero-order chi connectivity index (χ0) is 18.1. The first-order valence-electron chi connectivity index (χ1n) is 8.42. The molecule has 134 valence electrons. The number of rotatable bonds is 3. The van der Waals surface area contributed by atoms with Crippen molar-refractivity contribution in [2.24, 2.45) is 5.92 Å². The van der Waals surface area contributed by atoms with E-state index in [9.17, 15) is 14.4 Å². The molecule has 6 nitrogen and oxygen atoms in total. The van der Waals surface area contributed by atoms with Crippen molar-refractivity contribution in [1.82, 2.24) is 14.7 Å². The molecule has 0 saturated carbocycles. The SMILES string of the molecule is CN(C)C(=O)CN1C(=O)[C@@H]2CC[C@H]1CN(C(=O)c1cccc(Cl)c1)C2. The van der Waals surface area contributed by atoms with E-state index in [1.165, 1.54) is 4.90 Å². The molecule has 0 radical (unpaired) electrons.